The molecule has 0 saturated carbocycles. The Kier molecular flexibility index (Phi) is 3.80. The number of rotatable bonds is 4. The van der Waals surface area contributed by atoms with E-state index in [0.717, 1.165) is 12.1 Å². The monoisotopic (exact) mass is 334 g/mol. The third kappa shape index (κ3) is 2.62. The van der Waals surface area contributed by atoms with Crippen LogP contribution in [0.2, 0.25) is 0 Å². The molecule has 0 unspecified atom stereocenters. The zero-order chi connectivity index (χ0) is 17.4. The van der Waals surface area contributed by atoms with E-state index in [4.69, 9.17) is 14.6 Å². The van der Waals surface area contributed by atoms with Crippen molar-refractivity contribution in [3.8, 4) is 0 Å². The van der Waals surface area contributed by atoms with E-state index in [0.29, 0.717) is 12.2 Å². The number of fused-ring (bicyclic) bond motifs is 1. The van der Waals surface area contributed by atoms with Crippen LogP contribution < -0.4 is 11.1 Å². The van der Waals surface area contributed by atoms with E-state index in [2.05, 4.69) is 5.32 Å². The lowest BCUT2D eigenvalue weighted by Crippen LogP contribution is -2.16. The fourth-order valence-corrected chi connectivity index (χ4v) is 2.25. The molecule has 8 heteroatoms. The average molecular weight is 334 g/mol. The number of primary amides is 1. The third-order valence-corrected chi connectivity index (χ3v) is 3.43. The van der Waals surface area contributed by atoms with Gasteiger partial charge in [0.05, 0.1) is 0 Å². The third-order valence-electron chi connectivity index (χ3n) is 3.43. The molecule has 24 heavy (non-hydrogen) atoms. The molecule has 2 amide bonds. The lowest BCUT2D eigenvalue weighted by atomic mass is 10.2. The lowest BCUT2D eigenvalue weighted by Gasteiger charge is -2.03. The summed E-state index contributed by atoms with van der Waals surface area (Å²) in [7, 11) is 0. The molecule has 6 nitrogen and oxygen atoms in total. The van der Waals surface area contributed by atoms with Crippen LogP contribution in [0, 0.1) is 11.6 Å². The zero-order valence-corrected chi connectivity index (χ0v) is 12.5. The molecule has 0 radical (unpaired) electrons. The second-order valence-corrected chi connectivity index (χ2v) is 5.01. The van der Waals surface area contributed by atoms with Crippen LogP contribution in [0.15, 0.2) is 33.1 Å². The summed E-state index contributed by atoms with van der Waals surface area (Å²) in [5, 5.41) is 2.41. The highest BCUT2D eigenvalue weighted by atomic mass is 19.2. The number of carbonyl (C=O) groups is 2. The van der Waals surface area contributed by atoms with Gasteiger partial charge in [-0.1, -0.05) is 6.92 Å². The summed E-state index contributed by atoms with van der Waals surface area (Å²) in [4.78, 5) is 23.7. The van der Waals surface area contributed by atoms with Gasteiger partial charge in [-0.25, -0.2) is 8.78 Å². The van der Waals surface area contributed by atoms with Crippen molar-refractivity contribution < 1.29 is 27.2 Å². The van der Waals surface area contributed by atoms with E-state index in [1.54, 1.807) is 6.07 Å². The van der Waals surface area contributed by atoms with Crippen LogP contribution >= 0.6 is 0 Å². The van der Waals surface area contributed by atoms with Crippen molar-refractivity contribution in [1.82, 2.24) is 0 Å². The van der Waals surface area contributed by atoms with Crippen molar-refractivity contribution in [3.63, 3.8) is 0 Å². The topological polar surface area (TPSA) is 98.5 Å². The first-order valence-corrected chi connectivity index (χ1v) is 7.02. The molecule has 3 rings (SSSR count). The van der Waals surface area contributed by atoms with Gasteiger partial charge >= 0.3 is 0 Å². The molecule has 0 saturated heterocycles. The maximum atomic E-state index is 13.5. The van der Waals surface area contributed by atoms with Crippen molar-refractivity contribution in [2.75, 3.05) is 5.32 Å². The van der Waals surface area contributed by atoms with Gasteiger partial charge in [-0.3, -0.25) is 9.59 Å². The van der Waals surface area contributed by atoms with Crippen molar-refractivity contribution in [2.24, 2.45) is 5.73 Å². The minimum atomic E-state index is -1.15. The minimum absolute atomic E-state index is 0.000737. The molecule has 0 aliphatic carbocycles. The SMILES string of the molecule is CCc1ccc(C(=O)Nc2c(C(N)=O)oc3cc(F)c(F)cc23)o1. The highest BCUT2D eigenvalue weighted by Gasteiger charge is 2.23. The quantitative estimate of drug-likeness (QED) is 0.765. The predicted octanol–water partition coefficient (Wildman–Crippen LogP) is 3.22. The van der Waals surface area contributed by atoms with Crippen LogP contribution in [0.4, 0.5) is 14.5 Å². The molecule has 0 aliphatic heterocycles. The number of hydrogen-bond acceptors (Lipinski definition) is 4. The largest absolute Gasteiger partial charge is 0.456 e. The summed E-state index contributed by atoms with van der Waals surface area (Å²) < 4.78 is 37.2. The fourth-order valence-electron chi connectivity index (χ4n) is 2.25. The van der Waals surface area contributed by atoms with Gasteiger partial charge in [0, 0.05) is 17.9 Å². The van der Waals surface area contributed by atoms with Crippen LogP contribution in [-0.4, -0.2) is 11.8 Å². The Labute approximate surface area is 134 Å². The van der Waals surface area contributed by atoms with Crippen LogP contribution in [0.25, 0.3) is 11.0 Å². The zero-order valence-electron chi connectivity index (χ0n) is 12.5. The number of nitrogens with two attached hydrogens (primary N) is 1. The Morgan fingerprint density at radius 3 is 2.50 bits per heavy atom. The van der Waals surface area contributed by atoms with Crippen LogP contribution in [0.3, 0.4) is 0 Å². The second-order valence-electron chi connectivity index (χ2n) is 5.01. The van der Waals surface area contributed by atoms with Gasteiger partial charge in [-0.05, 0) is 18.2 Å². The van der Waals surface area contributed by atoms with Gasteiger partial charge in [0.1, 0.15) is 17.0 Å². The number of furan rings is 2. The number of amides is 2. The van der Waals surface area contributed by atoms with Crippen LogP contribution in [-0.2, 0) is 6.42 Å². The fraction of sp³-hybridized carbons (Fsp3) is 0.125. The molecule has 1 aromatic carbocycles. The van der Waals surface area contributed by atoms with E-state index in [9.17, 15) is 18.4 Å². The number of carbonyl (C=O) groups excluding carboxylic acids is 2. The Balaban J connectivity index is 2.06. The first-order valence-electron chi connectivity index (χ1n) is 7.02. The molecular weight excluding hydrogens is 322 g/mol. The van der Waals surface area contributed by atoms with Gasteiger partial charge < -0.3 is 19.9 Å². The van der Waals surface area contributed by atoms with Gasteiger partial charge in [0.25, 0.3) is 11.8 Å². The number of halogens is 2. The van der Waals surface area contributed by atoms with Crippen molar-refractivity contribution in [1.29, 1.82) is 0 Å². The molecule has 2 aromatic heterocycles. The smallest absolute Gasteiger partial charge is 0.291 e. The molecule has 2 heterocycles. The number of aryl methyl sites for hydroxylation is 1. The Bertz CT molecular complexity index is 959. The molecule has 3 N–H and O–H groups in total. The molecule has 0 aliphatic rings. The van der Waals surface area contributed by atoms with Crippen LogP contribution in [0.1, 0.15) is 33.8 Å². The van der Waals surface area contributed by atoms with Crippen molar-refractivity contribution >= 4 is 28.5 Å². The highest BCUT2D eigenvalue weighted by molar-refractivity contribution is 6.13. The minimum Gasteiger partial charge on any atom is -0.456 e. The maximum absolute atomic E-state index is 13.5. The number of hydrogen-bond donors (Lipinski definition) is 2. The molecule has 0 atom stereocenters. The lowest BCUT2D eigenvalue weighted by molar-refractivity contribution is 0.0977. The summed E-state index contributed by atoms with van der Waals surface area (Å²) in [5.41, 5.74) is 4.94. The number of nitrogens with one attached hydrogen (secondary N) is 1. The first-order chi connectivity index (χ1) is 11.4. The number of benzene rings is 1. The summed E-state index contributed by atoms with van der Waals surface area (Å²) in [6.45, 7) is 1.85. The molecular formula is C16H12F2N2O4. The Hall–Kier alpha value is -3.16. The number of anilines is 1. The summed E-state index contributed by atoms with van der Waals surface area (Å²) in [5.74, 6) is -3.78. The van der Waals surface area contributed by atoms with Crippen molar-refractivity contribution in [2.45, 2.75) is 13.3 Å². The van der Waals surface area contributed by atoms with E-state index in [1.165, 1.54) is 6.07 Å². The summed E-state index contributed by atoms with van der Waals surface area (Å²) >= 11 is 0. The van der Waals surface area contributed by atoms with Gasteiger partial charge in [0.15, 0.2) is 17.4 Å². The standard InChI is InChI=1S/C16H12F2N2O4/c1-2-7-3-4-11(23-7)16(22)20-13-8-5-9(17)10(18)6-12(8)24-14(13)15(19)21/h3-6H,2H2,1H3,(H2,19,21)(H,20,22). The van der Waals surface area contributed by atoms with Crippen LogP contribution in [0.5, 0.6) is 0 Å². The predicted molar refractivity (Wildman–Crippen MR) is 80.7 cm³/mol. The molecule has 0 spiro atoms. The Morgan fingerprint density at radius 2 is 1.88 bits per heavy atom. The Morgan fingerprint density at radius 1 is 1.17 bits per heavy atom. The highest BCUT2D eigenvalue weighted by Crippen LogP contribution is 2.32. The molecule has 0 bridgehead atoms. The van der Waals surface area contributed by atoms with E-state index in [-0.39, 0.29) is 22.4 Å². The normalized spacial score (nSPS) is 11.0. The van der Waals surface area contributed by atoms with E-state index in [1.807, 2.05) is 6.92 Å². The summed E-state index contributed by atoms with van der Waals surface area (Å²) in [6.07, 6.45) is 0.596. The van der Waals surface area contributed by atoms with Gasteiger partial charge in [-0.15, -0.1) is 0 Å². The average Bonchev–Trinajstić information content (AvgIpc) is 3.14. The maximum Gasteiger partial charge on any atom is 0.291 e. The molecule has 3 aromatic rings. The van der Waals surface area contributed by atoms with E-state index >= 15 is 0 Å². The van der Waals surface area contributed by atoms with E-state index < -0.39 is 29.2 Å². The van der Waals surface area contributed by atoms with Gasteiger partial charge in [0.2, 0.25) is 5.76 Å². The van der Waals surface area contributed by atoms with Gasteiger partial charge in [-0.2, -0.15) is 0 Å². The summed E-state index contributed by atoms with van der Waals surface area (Å²) in [6, 6.07) is 4.68. The molecule has 0 fully saturated rings. The second kappa shape index (κ2) is 5.80. The first kappa shape index (κ1) is 15.7. The van der Waals surface area contributed by atoms with Crippen molar-refractivity contribution in [3.05, 3.63) is 53.2 Å². The molecule has 124 valence electrons.